The van der Waals surface area contributed by atoms with Gasteiger partial charge in [-0.05, 0) is 24.6 Å². The van der Waals surface area contributed by atoms with Crippen molar-refractivity contribution in [3.05, 3.63) is 21.4 Å². The number of esters is 1. The highest BCUT2D eigenvalue weighted by atomic mass is 32.1. The monoisotopic (exact) mass is 239 g/mol. The number of hydrogen-bond donors (Lipinski definition) is 0. The van der Waals surface area contributed by atoms with E-state index in [4.69, 9.17) is 4.74 Å². The first kappa shape index (κ1) is 11.6. The molecule has 0 aromatic carbocycles. The molecule has 0 aliphatic carbocycles. The summed E-state index contributed by atoms with van der Waals surface area (Å²) in [5.74, 6) is 0.347. The first-order valence-electron chi connectivity index (χ1n) is 5.45. The summed E-state index contributed by atoms with van der Waals surface area (Å²) in [6.07, 6.45) is 0. The van der Waals surface area contributed by atoms with Crippen molar-refractivity contribution in [1.82, 2.24) is 4.90 Å². The summed E-state index contributed by atoms with van der Waals surface area (Å²) in [4.78, 5) is 15.9. The van der Waals surface area contributed by atoms with E-state index in [2.05, 4.69) is 25.8 Å². The van der Waals surface area contributed by atoms with E-state index in [9.17, 15) is 4.79 Å². The minimum absolute atomic E-state index is 0.218. The third kappa shape index (κ3) is 1.76. The molecule has 1 aliphatic heterocycles. The SMILES string of the molecule is COC(=O)c1cc2c(s1)C(C(C)C)N(C)C2. The Balaban J connectivity index is 2.34. The number of carbonyl (C=O) groups excluding carboxylic acids is 1. The number of carbonyl (C=O) groups is 1. The quantitative estimate of drug-likeness (QED) is 0.743. The highest BCUT2D eigenvalue weighted by Crippen LogP contribution is 2.42. The fourth-order valence-corrected chi connectivity index (χ4v) is 3.83. The van der Waals surface area contributed by atoms with Crippen molar-refractivity contribution in [1.29, 1.82) is 0 Å². The van der Waals surface area contributed by atoms with Gasteiger partial charge >= 0.3 is 5.97 Å². The summed E-state index contributed by atoms with van der Waals surface area (Å²) >= 11 is 1.58. The second-order valence-corrected chi connectivity index (χ2v) is 5.68. The predicted molar refractivity (Wildman–Crippen MR) is 64.7 cm³/mol. The van der Waals surface area contributed by atoms with Crippen LogP contribution < -0.4 is 0 Å². The number of fused-ring (bicyclic) bond motifs is 1. The van der Waals surface area contributed by atoms with Crippen LogP contribution in [0.3, 0.4) is 0 Å². The van der Waals surface area contributed by atoms with Crippen LogP contribution in [0.2, 0.25) is 0 Å². The van der Waals surface area contributed by atoms with Gasteiger partial charge in [-0.1, -0.05) is 13.8 Å². The molecule has 3 nitrogen and oxygen atoms in total. The van der Waals surface area contributed by atoms with Crippen LogP contribution in [-0.4, -0.2) is 25.0 Å². The lowest BCUT2D eigenvalue weighted by atomic mass is 10.0. The van der Waals surface area contributed by atoms with Crippen molar-refractivity contribution in [3.8, 4) is 0 Å². The lowest BCUT2D eigenvalue weighted by Gasteiger charge is -2.23. The average molecular weight is 239 g/mol. The van der Waals surface area contributed by atoms with Crippen LogP contribution >= 0.6 is 11.3 Å². The molecule has 0 bridgehead atoms. The van der Waals surface area contributed by atoms with E-state index in [1.54, 1.807) is 11.3 Å². The smallest absolute Gasteiger partial charge is 0.348 e. The fourth-order valence-electron chi connectivity index (χ4n) is 2.40. The Morgan fingerprint density at radius 2 is 2.31 bits per heavy atom. The molecule has 1 atom stereocenters. The number of methoxy groups -OCH3 is 1. The fraction of sp³-hybridized carbons (Fsp3) is 0.583. The van der Waals surface area contributed by atoms with Crippen molar-refractivity contribution in [2.45, 2.75) is 26.4 Å². The summed E-state index contributed by atoms with van der Waals surface area (Å²) in [7, 11) is 3.56. The van der Waals surface area contributed by atoms with Gasteiger partial charge in [0, 0.05) is 17.5 Å². The Kier molecular flexibility index (Phi) is 3.04. The van der Waals surface area contributed by atoms with Crippen LogP contribution in [0.4, 0.5) is 0 Å². The molecule has 0 radical (unpaired) electrons. The van der Waals surface area contributed by atoms with E-state index >= 15 is 0 Å². The molecule has 1 aromatic rings. The van der Waals surface area contributed by atoms with Gasteiger partial charge in [0.15, 0.2) is 0 Å². The zero-order valence-electron chi connectivity index (χ0n) is 10.1. The number of ether oxygens (including phenoxy) is 1. The van der Waals surface area contributed by atoms with Gasteiger partial charge in [-0.2, -0.15) is 0 Å². The van der Waals surface area contributed by atoms with E-state index in [0.717, 1.165) is 11.4 Å². The second kappa shape index (κ2) is 4.18. The minimum Gasteiger partial charge on any atom is -0.465 e. The van der Waals surface area contributed by atoms with Crippen LogP contribution in [0.1, 0.15) is 40.0 Å². The number of nitrogens with zero attached hydrogens (tertiary/aromatic N) is 1. The van der Waals surface area contributed by atoms with Gasteiger partial charge in [0.2, 0.25) is 0 Å². The van der Waals surface area contributed by atoms with E-state index in [0.29, 0.717) is 12.0 Å². The Morgan fingerprint density at radius 1 is 1.62 bits per heavy atom. The van der Waals surface area contributed by atoms with Gasteiger partial charge in [0.05, 0.1) is 7.11 Å². The zero-order chi connectivity index (χ0) is 11.9. The number of thiophene rings is 1. The van der Waals surface area contributed by atoms with Gasteiger partial charge < -0.3 is 4.74 Å². The van der Waals surface area contributed by atoms with E-state index < -0.39 is 0 Å². The maximum absolute atomic E-state index is 11.5. The zero-order valence-corrected chi connectivity index (χ0v) is 10.9. The largest absolute Gasteiger partial charge is 0.465 e. The van der Waals surface area contributed by atoms with Crippen molar-refractivity contribution in [3.63, 3.8) is 0 Å². The Bertz CT molecular complexity index is 411. The highest BCUT2D eigenvalue weighted by Gasteiger charge is 2.33. The summed E-state index contributed by atoms with van der Waals surface area (Å²) < 4.78 is 4.75. The summed E-state index contributed by atoms with van der Waals surface area (Å²) in [5.41, 5.74) is 1.28. The molecular formula is C12H17NO2S. The van der Waals surface area contributed by atoms with Crippen molar-refractivity contribution in [2.75, 3.05) is 14.2 Å². The van der Waals surface area contributed by atoms with Crippen LogP contribution in [-0.2, 0) is 11.3 Å². The van der Waals surface area contributed by atoms with Gasteiger partial charge in [0.25, 0.3) is 0 Å². The number of rotatable bonds is 2. The van der Waals surface area contributed by atoms with Crippen LogP contribution in [0.25, 0.3) is 0 Å². The molecule has 0 spiro atoms. The van der Waals surface area contributed by atoms with Crippen LogP contribution in [0.15, 0.2) is 6.07 Å². The van der Waals surface area contributed by atoms with E-state index in [1.165, 1.54) is 17.6 Å². The van der Waals surface area contributed by atoms with Gasteiger partial charge in [-0.15, -0.1) is 11.3 Å². The molecule has 2 rings (SSSR count). The van der Waals surface area contributed by atoms with Crippen LogP contribution in [0, 0.1) is 5.92 Å². The molecule has 0 N–H and O–H groups in total. The molecule has 1 aromatic heterocycles. The molecule has 0 amide bonds. The van der Waals surface area contributed by atoms with Gasteiger partial charge in [-0.25, -0.2) is 4.79 Å². The molecular weight excluding hydrogens is 222 g/mol. The first-order valence-corrected chi connectivity index (χ1v) is 6.27. The average Bonchev–Trinajstić information content (AvgIpc) is 2.71. The molecule has 88 valence electrons. The minimum atomic E-state index is -0.218. The normalized spacial score (nSPS) is 20.2. The maximum atomic E-state index is 11.5. The van der Waals surface area contributed by atoms with E-state index in [-0.39, 0.29) is 5.97 Å². The highest BCUT2D eigenvalue weighted by molar-refractivity contribution is 7.14. The Labute approximate surface area is 100 Å². The lowest BCUT2D eigenvalue weighted by Crippen LogP contribution is -2.21. The number of hydrogen-bond acceptors (Lipinski definition) is 4. The second-order valence-electron chi connectivity index (χ2n) is 4.60. The van der Waals surface area contributed by atoms with E-state index in [1.807, 2.05) is 6.07 Å². The first-order chi connectivity index (χ1) is 7.54. The standard InChI is InChI=1S/C12H17NO2S/c1-7(2)10-11-8(6-13(10)3)5-9(16-11)12(14)15-4/h5,7,10H,6H2,1-4H3. The van der Waals surface area contributed by atoms with Gasteiger partial charge in [-0.3, -0.25) is 4.90 Å². The van der Waals surface area contributed by atoms with Crippen LogP contribution in [0.5, 0.6) is 0 Å². The summed E-state index contributed by atoms with van der Waals surface area (Å²) in [6.45, 7) is 5.37. The Hall–Kier alpha value is -0.870. The molecule has 4 heteroatoms. The van der Waals surface area contributed by atoms with Crippen molar-refractivity contribution < 1.29 is 9.53 Å². The third-order valence-corrected chi connectivity index (χ3v) is 4.25. The van der Waals surface area contributed by atoms with Crippen molar-refractivity contribution >= 4 is 17.3 Å². The molecule has 0 saturated heterocycles. The molecule has 0 fully saturated rings. The molecule has 1 aliphatic rings. The third-order valence-electron chi connectivity index (χ3n) is 3.02. The summed E-state index contributed by atoms with van der Waals surface area (Å²) in [6, 6.07) is 2.42. The molecule has 2 heterocycles. The topological polar surface area (TPSA) is 29.5 Å². The van der Waals surface area contributed by atoms with Gasteiger partial charge in [0.1, 0.15) is 4.88 Å². The molecule has 16 heavy (non-hydrogen) atoms. The molecule has 0 saturated carbocycles. The summed E-state index contributed by atoms with van der Waals surface area (Å²) in [5, 5.41) is 0. The maximum Gasteiger partial charge on any atom is 0.348 e. The van der Waals surface area contributed by atoms with Crippen molar-refractivity contribution in [2.24, 2.45) is 5.92 Å². The Morgan fingerprint density at radius 3 is 2.88 bits per heavy atom. The lowest BCUT2D eigenvalue weighted by molar-refractivity contribution is 0.0606. The molecule has 1 unspecified atom stereocenters. The predicted octanol–water partition coefficient (Wildman–Crippen LogP) is 2.68.